The van der Waals surface area contributed by atoms with E-state index in [-0.39, 0.29) is 10.6 Å². The summed E-state index contributed by atoms with van der Waals surface area (Å²) in [5, 5.41) is 4.01. The molecule has 2 aromatic carbocycles. The molecule has 0 spiro atoms. The number of methoxy groups -OCH3 is 2. The Bertz CT molecular complexity index is 1170. The number of halogens is 1. The van der Waals surface area contributed by atoms with Crippen LogP contribution in [0.5, 0.6) is 5.75 Å². The maximum atomic E-state index is 14.7. The molecule has 0 saturated heterocycles. The van der Waals surface area contributed by atoms with Crippen LogP contribution in [-0.2, 0) is 22.3 Å². The quantitative estimate of drug-likeness (QED) is 0.299. The molecule has 0 bridgehead atoms. The van der Waals surface area contributed by atoms with Crippen molar-refractivity contribution >= 4 is 31.0 Å². The minimum atomic E-state index is -2.04. The van der Waals surface area contributed by atoms with Crippen LogP contribution in [0.25, 0.3) is 10.9 Å². The van der Waals surface area contributed by atoms with Crippen LogP contribution in [-0.4, -0.2) is 33.5 Å². The fraction of sp³-hybridized carbons (Fsp3) is 0.385. The topological polar surface area (TPSA) is 69.7 Å². The first-order valence-electron chi connectivity index (χ1n) is 11.2. The second kappa shape index (κ2) is 10.1. The summed E-state index contributed by atoms with van der Waals surface area (Å²) in [6, 6.07) is 12.4. The molecule has 182 valence electrons. The number of nitrogens with zero attached hydrogens (tertiary/aromatic N) is 1. The Hall–Kier alpha value is -2.97. The van der Waals surface area contributed by atoms with Gasteiger partial charge < -0.3 is 19.2 Å². The Balaban J connectivity index is 1.98. The van der Waals surface area contributed by atoms with Gasteiger partial charge in [0.25, 0.3) is 0 Å². The molecule has 0 aliphatic carbocycles. The van der Waals surface area contributed by atoms with Gasteiger partial charge in [-0.1, -0.05) is 32.9 Å². The zero-order valence-electron chi connectivity index (χ0n) is 20.9. The number of aromatic nitrogens is 1. The van der Waals surface area contributed by atoms with Gasteiger partial charge in [0.2, 0.25) is 0 Å². The molecule has 6 nitrogen and oxygen atoms in total. The van der Waals surface area contributed by atoms with E-state index in [1.54, 1.807) is 7.11 Å². The van der Waals surface area contributed by atoms with Crippen molar-refractivity contribution < 1.29 is 23.1 Å². The van der Waals surface area contributed by atoms with Crippen molar-refractivity contribution in [2.24, 2.45) is 0 Å². The van der Waals surface area contributed by atoms with Gasteiger partial charge in [-0.05, 0) is 53.5 Å². The third-order valence-corrected chi connectivity index (χ3v) is 10.9. The van der Waals surface area contributed by atoms with E-state index in [2.05, 4.69) is 44.2 Å². The number of hydrogen-bond donors (Lipinski definition) is 1. The molecule has 0 amide bonds. The number of fused-ring (bicyclic) bond motifs is 1. The number of esters is 1. The fourth-order valence-electron chi connectivity index (χ4n) is 3.20. The van der Waals surface area contributed by atoms with Crippen molar-refractivity contribution in [2.45, 2.75) is 52.1 Å². The molecular weight excluding hydrogens is 451 g/mol. The lowest BCUT2D eigenvalue weighted by Gasteiger charge is -2.36. The van der Waals surface area contributed by atoms with E-state index >= 15 is 0 Å². The van der Waals surface area contributed by atoms with Crippen molar-refractivity contribution in [3.8, 4) is 5.75 Å². The molecule has 3 aromatic rings. The van der Waals surface area contributed by atoms with E-state index < -0.39 is 20.1 Å². The summed E-state index contributed by atoms with van der Waals surface area (Å²) in [6.07, 6.45) is 0. The van der Waals surface area contributed by atoms with Gasteiger partial charge in [0.05, 0.1) is 31.9 Å². The molecule has 0 atom stereocenters. The number of nitrogens with one attached hydrogen (secondary N) is 1. The highest BCUT2D eigenvalue weighted by Gasteiger charge is 2.37. The molecule has 8 heteroatoms. The number of ether oxygens (including phenoxy) is 2. The second-order valence-corrected chi connectivity index (χ2v) is 14.6. The molecule has 0 aliphatic heterocycles. The molecular formula is C26H33FN2O4Si. The predicted molar refractivity (Wildman–Crippen MR) is 135 cm³/mol. The lowest BCUT2D eigenvalue weighted by atomic mass is 10.1. The van der Waals surface area contributed by atoms with Crippen LogP contribution in [0.3, 0.4) is 0 Å². The summed E-state index contributed by atoms with van der Waals surface area (Å²) in [6.45, 7) is 11.8. The van der Waals surface area contributed by atoms with E-state index in [9.17, 15) is 9.18 Å². The standard InChI is InChI=1S/C26H33FN2O4Si/c1-26(2,3)34(6,7)33-16-18-12-24(28-15-17-8-10-19(31-4)11-9-17)29-23-14-22(27)21(13-20(18)23)25(30)32-5/h8-14H,15-16H2,1-7H3,(H,28,29). The minimum Gasteiger partial charge on any atom is -0.497 e. The third-order valence-electron chi connectivity index (χ3n) is 6.42. The first-order chi connectivity index (χ1) is 15.9. The largest absolute Gasteiger partial charge is 0.497 e. The molecule has 1 heterocycles. The Morgan fingerprint density at radius 2 is 1.76 bits per heavy atom. The zero-order chi connectivity index (χ0) is 25.1. The highest BCUT2D eigenvalue weighted by molar-refractivity contribution is 6.74. The summed E-state index contributed by atoms with van der Waals surface area (Å²) >= 11 is 0. The third kappa shape index (κ3) is 5.74. The number of anilines is 1. The summed E-state index contributed by atoms with van der Waals surface area (Å²) in [4.78, 5) is 16.7. The zero-order valence-corrected chi connectivity index (χ0v) is 21.9. The number of carbonyl (C=O) groups is 1. The summed E-state index contributed by atoms with van der Waals surface area (Å²) in [5.41, 5.74) is 2.20. The monoisotopic (exact) mass is 484 g/mol. The highest BCUT2D eigenvalue weighted by atomic mass is 28.4. The Labute approximate surface area is 201 Å². The summed E-state index contributed by atoms with van der Waals surface area (Å²) < 4.78 is 31.1. The average Bonchev–Trinajstić information content (AvgIpc) is 2.79. The van der Waals surface area contributed by atoms with E-state index in [0.29, 0.717) is 29.9 Å². The lowest BCUT2D eigenvalue weighted by Crippen LogP contribution is -2.40. The van der Waals surface area contributed by atoms with Crippen LogP contribution in [0.4, 0.5) is 10.2 Å². The van der Waals surface area contributed by atoms with Crippen LogP contribution in [0.1, 0.15) is 42.3 Å². The maximum Gasteiger partial charge on any atom is 0.340 e. The number of rotatable bonds is 8. The normalized spacial score (nSPS) is 12.0. The lowest BCUT2D eigenvalue weighted by molar-refractivity contribution is 0.0595. The Morgan fingerprint density at radius 1 is 1.09 bits per heavy atom. The smallest absolute Gasteiger partial charge is 0.340 e. The molecule has 0 fully saturated rings. The van der Waals surface area contributed by atoms with Gasteiger partial charge in [0.15, 0.2) is 8.32 Å². The molecule has 1 aromatic heterocycles. The van der Waals surface area contributed by atoms with Gasteiger partial charge in [0.1, 0.15) is 17.4 Å². The molecule has 3 rings (SSSR count). The second-order valence-electron chi connectivity index (χ2n) is 9.76. The van der Waals surface area contributed by atoms with Crippen LogP contribution >= 0.6 is 0 Å². The minimum absolute atomic E-state index is 0.0363. The predicted octanol–water partition coefficient (Wildman–Crippen LogP) is 6.30. The van der Waals surface area contributed by atoms with Crippen molar-refractivity contribution in [3.63, 3.8) is 0 Å². The molecule has 34 heavy (non-hydrogen) atoms. The van der Waals surface area contributed by atoms with Crippen LogP contribution < -0.4 is 10.1 Å². The van der Waals surface area contributed by atoms with Gasteiger partial charge in [-0.15, -0.1) is 0 Å². The number of hydrogen-bond acceptors (Lipinski definition) is 6. The SMILES string of the molecule is COC(=O)c1cc2c(CO[Si](C)(C)C(C)(C)C)cc(NCc3ccc(OC)cc3)nc2cc1F. The summed E-state index contributed by atoms with van der Waals surface area (Å²) in [5.74, 6) is -0.00955. The number of carbonyl (C=O) groups excluding carboxylic acids is 1. The Kier molecular flexibility index (Phi) is 7.63. The fourth-order valence-corrected chi connectivity index (χ4v) is 4.15. The molecule has 0 saturated carbocycles. The van der Waals surface area contributed by atoms with Crippen molar-refractivity contribution in [1.29, 1.82) is 0 Å². The van der Waals surface area contributed by atoms with Crippen molar-refractivity contribution in [3.05, 3.63) is 65.0 Å². The van der Waals surface area contributed by atoms with E-state index in [4.69, 9.17) is 13.9 Å². The molecule has 0 aliphatic rings. The van der Waals surface area contributed by atoms with Gasteiger partial charge in [-0.2, -0.15) is 0 Å². The van der Waals surface area contributed by atoms with Crippen molar-refractivity contribution in [2.75, 3.05) is 19.5 Å². The number of benzene rings is 2. The summed E-state index contributed by atoms with van der Waals surface area (Å²) in [7, 11) is 0.819. The van der Waals surface area contributed by atoms with Gasteiger partial charge in [-0.3, -0.25) is 0 Å². The van der Waals surface area contributed by atoms with E-state index in [1.807, 2.05) is 30.3 Å². The van der Waals surface area contributed by atoms with E-state index in [1.165, 1.54) is 19.2 Å². The van der Waals surface area contributed by atoms with E-state index in [0.717, 1.165) is 16.9 Å². The van der Waals surface area contributed by atoms with Gasteiger partial charge in [0, 0.05) is 18.0 Å². The number of pyridine rings is 1. The van der Waals surface area contributed by atoms with Gasteiger partial charge in [-0.25, -0.2) is 14.2 Å². The molecule has 0 unspecified atom stereocenters. The van der Waals surface area contributed by atoms with Crippen molar-refractivity contribution in [1.82, 2.24) is 4.98 Å². The van der Waals surface area contributed by atoms with Crippen LogP contribution in [0.2, 0.25) is 18.1 Å². The van der Waals surface area contributed by atoms with Gasteiger partial charge >= 0.3 is 5.97 Å². The highest BCUT2D eigenvalue weighted by Crippen LogP contribution is 2.37. The molecule has 0 radical (unpaired) electrons. The molecule has 1 N–H and O–H groups in total. The maximum absolute atomic E-state index is 14.7. The van der Waals surface area contributed by atoms with Crippen LogP contribution in [0.15, 0.2) is 42.5 Å². The average molecular weight is 485 g/mol. The Morgan fingerprint density at radius 3 is 2.35 bits per heavy atom. The first-order valence-corrected chi connectivity index (χ1v) is 14.1. The first kappa shape index (κ1) is 25.6. The van der Waals surface area contributed by atoms with Crippen LogP contribution in [0, 0.1) is 5.82 Å².